The van der Waals surface area contributed by atoms with Crippen molar-refractivity contribution in [3.63, 3.8) is 0 Å². The zero-order chi connectivity index (χ0) is 16.6. The summed E-state index contributed by atoms with van der Waals surface area (Å²) in [6, 6.07) is 5.81. The number of benzene rings is 1. The van der Waals surface area contributed by atoms with E-state index in [2.05, 4.69) is 9.97 Å². The topological polar surface area (TPSA) is 75.2 Å². The van der Waals surface area contributed by atoms with Gasteiger partial charge in [0.2, 0.25) is 0 Å². The van der Waals surface area contributed by atoms with Crippen molar-refractivity contribution in [2.45, 2.75) is 33.3 Å². The van der Waals surface area contributed by atoms with Crippen LogP contribution < -0.4 is 0 Å². The molecule has 0 saturated heterocycles. The van der Waals surface area contributed by atoms with Crippen LogP contribution in [0.2, 0.25) is 0 Å². The van der Waals surface area contributed by atoms with Gasteiger partial charge in [-0.2, -0.15) is 0 Å². The fourth-order valence-corrected chi connectivity index (χ4v) is 2.96. The van der Waals surface area contributed by atoms with Crippen molar-refractivity contribution in [2.75, 3.05) is 6.61 Å². The molecular formula is C18H20N2O3. The Kier molecular flexibility index (Phi) is 4.05. The van der Waals surface area contributed by atoms with Crippen molar-refractivity contribution in [1.29, 1.82) is 0 Å². The normalized spacial score (nSPS) is 12.7. The molecule has 0 saturated carbocycles. The summed E-state index contributed by atoms with van der Waals surface area (Å²) in [6.07, 6.45) is 1.80. The molecule has 2 heterocycles. The van der Waals surface area contributed by atoms with Crippen molar-refractivity contribution >= 4 is 27.8 Å². The lowest BCUT2D eigenvalue weighted by Gasteiger charge is -2.09. The summed E-state index contributed by atoms with van der Waals surface area (Å²) in [5.74, 6) is -0.396. The molecule has 3 rings (SSSR count). The van der Waals surface area contributed by atoms with E-state index in [0.717, 1.165) is 32.9 Å². The second kappa shape index (κ2) is 6.01. The van der Waals surface area contributed by atoms with Crippen LogP contribution in [0, 0.1) is 0 Å². The SMILES string of the molecule is CCOC(=O)c1ncc2[nH]c3ccc(C(C)O)cc3c2c1CC. The number of hydrogen-bond acceptors (Lipinski definition) is 4. The second-order valence-corrected chi connectivity index (χ2v) is 5.55. The first kappa shape index (κ1) is 15.5. The number of aromatic nitrogens is 2. The molecule has 0 amide bonds. The number of nitrogens with one attached hydrogen (secondary N) is 1. The summed E-state index contributed by atoms with van der Waals surface area (Å²) in [6.45, 7) is 5.84. The molecule has 0 aliphatic rings. The van der Waals surface area contributed by atoms with E-state index in [1.54, 1.807) is 20.0 Å². The second-order valence-electron chi connectivity index (χ2n) is 5.55. The molecule has 0 fully saturated rings. The van der Waals surface area contributed by atoms with Crippen LogP contribution in [-0.2, 0) is 11.2 Å². The van der Waals surface area contributed by atoms with Crippen molar-refractivity contribution < 1.29 is 14.6 Å². The van der Waals surface area contributed by atoms with Crippen LogP contribution in [-0.4, -0.2) is 27.7 Å². The molecule has 0 bridgehead atoms. The Balaban J connectivity index is 2.32. The molecule has 1 unspecified atom stereocenters. The Hall–Kier alpha value is -2.40. The van der Waals surface area contributed by atoms with Gasteiger partial charge < -0.3 is 14.8 Å². The number of aliphatic hydroxyl groups is 1. The lowest BCUT2D eigenvalue weighted by atomic mass is 10.0. The minimum atomic E-state index is -0.541. The maximum absolute atomic E-state index is 12.2. The van der Waals surface area contributed by atoms with Crippen LogP contribution in [0.25, 0.3) is 21.8 Å². The van der Waals surface area contributed by atoms with Gasteiger partial charge in [0.05, 0.1) is 24.4 Å². The average molecular weight is 312 g/mol. The van der Waals surface area contributed by atoms with Gasteiger partial charge >= 0.3 is 5.97 Å². The number of fused-ring (bicyclic) bond motifs is 3. The van der Waals surface area contributed by atoms with Crippen molar-refractivity contribution in [3.05, 3.63) is 41.2 Å². The summed E-state index contributed by atoms with van der Waals surface area (Å²) in [5.41, 5.74) is 3.92. The number of carbonyl (C=O) groups is 1. The van der Waals surface area contributed by atoms with Gasteiger partial charge in [0.15, 0.2) is 5.69 Å². The predicted octanol–water partition coefficient (Wildman–Crippen LogP) is 3.51. The first-order chi connectivity index (χ1) is 11.1. The number of ether oxygens (including phenoxy) is 1. The summed E-state index contributed by atoms with van der Waals surface area (Å²) < 4.78 is 5.12. The van der Waals surface area contributed by atoms with E-state index in [1.165, 1.54) is 0 Å². The third kappa shape index (κ3) is 2.57. The van der Waals surface area contributed by atoms with Gasteiger partial charge in [-0.25, -0.2) is 9.78 Å². The number of carbonyl (C=O) groups excluding carboxylic acids is 1. The van der Waals surface area contributed by atoms with Gasteiger partial charge in [-0.05, 0) is 43.5 Å². The highest BCUT2D eigenvalue weighted by Gasteiger charge is 2.19. The Morgan fingerprint density at radius 3 is 2.78 bits per heavy atom. The van der Waals surface area contributed by atoms with Crippen molar-refractivity contribution in [3.8, 4) is 0 Å². The maximum Gasteiger partial charge on any atom is 0.357 e. The maximum atomic E-state index is 12.2. The van der Waals surface area contributed by atoms with Crippen LogP contribution in [0.1, 0.15) is 48.5 Å². The number of H-pyrrole nitrogens is 1. The van der Waals surface area contributed by atoms with E-state index < -0.39 is 12.1 Å². The highest BCUT2D eigenvalue weighted by Crippen LogP contribution is 2.32. The summed E-state index contributed by atoms with van der Waals surface area (Å²) in [4.78, 5) is 19.8. The van der Waals surface area contributed by atoms with E-state index >= 15 is 0 Å². The fraction of sp³-hybridized carbons (Fsp3) is 0.333. The van der Waals surface area contributed by atoms with Gasteiger partial charge in [-0.1, -0.05) is 13.0 Å². The number of hydrogen-bond donors (Lipinski definition) is 2. The largest absolute Gasteiger partial charge is 0.461 e. The van der Waals surface area contributed by atoms with Gasteiger partial charge in [0.25, 0.3) is 0 Å². The Morgan fingerprint density at radius 1 is 1.35 bits per heavy atom. The van der Waals surface area contributed by atoms with Crippen molar-refractivity contribution in [1.82, 2.24) is 9.97 Å². The molecule has 2 aromatic heterocycles. The van der Waals surface area contributed by atoms with E-state index in [1.807, 2.05) is 25.1 Å². The number of pyridine rings is 1. The number of rotatable bonds is 4. The van der Waals surface area contributed by atoms with E-state index in [9.17, 15) is 9.90 Å². The summed E-state index contributed by atoms with van der Waals surface area (Å²) in [7, 11) is 0. The van der Waals surface area contributed by atoms with Gasteiger partial charge in [0, 0.05) is 16.3 Å². The molecule has 0 aliphatic heterocycles. The van der Waals surface area contributed by atoms with Crippen LogP contribution in [0.5, 0.6) is 0 Å². The van der Waals surface area contributed by atoms with Gasteiger partial charge in [-0.3, -0.25) is 0 Å². The number of esters is 1. The Labute approximate surface area is 134 Å². The highest BCUT2D eigenvalue weighted by atomic mass is 16.5. The number of nitrogens with zero attached hydrogens (tertiary/aromatic N) is 1. The molecule has 0 aliphatic carbocycles. The molecule has 5 nitrogen and oxygen atoms in total. The lowest BCUT2D eigenvalue weighted by molar-refractivity contribution is 0.0518. The average Bonchev–Trinajstić information content (AvgIpc) is 2.91. The van der Waals surface area contributed by atoms with Crippen LogP contribution in [0.15, 0.2) is 24.4 Å². The van der Waals surface area contributed by atoms with Crippen molar-refractivity contribution in [2.24, 2.45) is 0 Å². The zero-order valence-corrected chi connectivity index (χ0v) is 13.5. The first-order valence-electron chi connectivity index (χ1n) is 7.85. The molecule has 1 atom stereocenters. The molecule has 0 spiro atoms. The monoisotopic (exact) mass is 312 g/mol. The van der Waals surface area contributed by atoms with Gasteiger partial charge in [-0.15, -0.1) is 0 Å². The minimum Gasteiger partial charge on any atom is -0.461 e. The van der Waals surface area contributed by atoms with E-state index in [0.29, 0.717) is 18.7 Å². The fourth-order valence-electron chi connectivity index (χ4n) is 2.96. The predicted molar refractivity (Wildman–Crippen MR) is 89.6 cm³/mol. The molecule has 2 N–H and O–H groups in total. The van der Waals surface area contributed by atoms with Gasteiger partial charge in [0.1, 0.15) is 0 Å². The van der Waals surface area contributed by atoms with Crippen LogP contribution in [0.4, 0.5) is 0 Å². The Bertz CT molecular complexity index is 881. The highest BCUT2D eigenvalue weighted by molar-refractivity contribution is 6.11. The molecule has 23 heavy (non-hydrogen) atoms. The molecular weight excluding hydrogens is 292 g/mol. The zero-order valence-electron chi connectivity index (χ0n) is 13.5. The minimum absolute atomic E-state index is 0.321. The molecule has 0 radical (unpaired) electrons. The summed E-state index contributed by atoms with van der Waals surface area (Å²) >= 11 is 0. The lowest BCUT2D eigenvalue weighted by Crippen LogP contribution is -2.10. The van der Waals surface area contributed by atoms with E-state index in [4.69, 9.17) is 4.74 Å². The van der Waals surface area contributed by atoms with Crippen LogP contribution in [0.3, 0.4) is 0 Å². The third-order valence-electron chi connectivity index (χ3n) is 4.07. The Morgan fingerprint density at radius 2 is 2.13 bits per heavy atom. The standard InChI is InChI=1S/C18H20N2O3/c1-4-12-16-13-8-11(10(3)21)6-7-14(13)20-15(16)9-19-17(12)18(22)23-5-2/h6-10,20-21H,4-5H2,1-3H3. The third-order valence-corrected chi connectivity index (χ3v) is 4.07. The molecule has 120 valence electrons. The van der Waals surface area contributed by atoms with Crippen LogP contribution >= 0.6 is 0 Å². The molecule has 3 aromatic rings. The summed E-state index contributed by atoms with van der Waals surface area (Å²) in [5, 5.41) is 11.8. The number of aromatic amines is 1. The number of aryl methyl sites for hydroxylation is 1. The number of aliphatic hydroxyl groups excluding tert-OH is 1. The first-order valence-corrected chi connectivity index (χ1v) is 7.85. The smallest absolute Gasteiger partial charge is 0.357 e. The quantitative estimate of drug-likeness (QED) is 0.723. The molecule has 1 aromatic carbocycles. The molecule has 5 heteroatoms. The van der Waals surface area contributed by atoms with E-state index in [-0.39, 0.29) is 0 Å².